The highest BCUT2D eigenvalue weighted by molar-refractivity contribution is 7.93. The van der Waals surface area contributed by atoms with Crippen LogP contribution in [0.5, 0.6) is 0 Å². The third-order valence-electron chi connectivity index (χ3n) is 3.28. The maximum Gasteiger partial charge on any atom is 0.289 e. The number of pyridine rings is 1. The van der Waals surface area contributed by atoms with Gasteiger partial charge in [0, 0.05) is 17.6 Å². The number of para-hydroxylation sites is 1. The number of fused-ring (bicyclic) bond motifs is 1. The Balaban J connectivity index is 2.06. The summed E-state index contributed by atoms with van der Waals surface area (Å²) >= 11 is 5.73. The fraction of sp³-hybridized carbons (Fsp3) is 0. The summed E-state index contributed by atoms with van der Waals surface area (Å²) in [5, 5.41) is 11.5. The Bertz CT molecular complexity index is 1050. The summed E-state index contributed by atoms with van der Waals surface area (Å²) in [7, 11) is -3.97. The molecule has 0 saturated carbocycles. The Morgan fingerprint density at radius 2 is 1.88 bits per heavy atom. The highest BCUT2D eigenvalue weighted by atomic mass is 35.5. The van der Waals surface area contributed by atoms with Crippen LogP contribution in [0.1, 0.15) is 0 Å². The van der Waals surface area contributed by atoms with E-state index in [9.17, 15) is 18.5 Å². The summed E-state index contributed by atoms with van der Waals surface area (Å²) in [6, 6.07) is 11.9. The van der Waals surface area contributed by atoms with E-state index < -0.39 is 14.9 Å². The van der Waals surface area contributed by atoms with Crippen molar-refractivity contribution in [3.05, 3.63) is 69.9 Å². The van der Waals surface area contributed by atoms with Crippen molar-refractivity contribution in [2.75, 3.05) is 4.72 Å². The average molecular weight is 364 g/mol. The zero-order valence-electron chi connectivity index (χ0n) is 12.0. The van der Waals surface area contributed by atoms with Gasteiger partial charge in [-0.15, -0.1) is 0 Å². The molecule has 1 N–H and O–H groups in total. The summed E-state index contributed by atoms with van der Waals surface area (Å²) < 4.78 is 27.6. The normalized spacial score (nSPS) is 11.4. The van der Waals surface area contributed by atoms with Crippen LogP contribution in [0.15, 0.2) is 59.6 Å². The number of nitro benzene ring substituents is 1. The molecule has 0 amide bonds. The average Bonchev–Trinajstić information content (AvgIpc) is 2.55. The number of aromatic nitrogens is 1. The molecule has 0 radical (unpaired) electrons. The molecule has 1 aromatic heterocycles. The summed E-state index contributed by atoms with van der Waals surface area (Å²) in [6.07, 6.45) is 1.49. The number of sulfonamides is 1. The Kier molecular flexibility index (Phi) is 4.08. The van der Waals surface area contributed by atoms with Crippen molar-refractivity contribution < 1.29 is 13.3 Å². The van der Waals surface area contributed by atoms with Crippen LogP contribution >= 0.6 is 11.6 Å². The molecule has 0 unspecified atom stereocenters. The van der Waals surface area contributed by atoms with Gasteiger partial charge >= 0.3 is 0 Å². The molecule has 0 aliphatic heterocycles. The first-order valence-corrected chi connectivity index (χ1v) is 8.55. The quantitative estimate of drug-likeness (QED) is 0.563. The molecule has 3 aromatic rings. The Labute approximate surface area is 142 Å². The van der Waals surface area contributed by atoms with Gasteiger partial charge in [0.25, 0.3) is 15.7 Å². The van der Waals surface area contributed by atoms with Crippen molar-refractivity contribution in [1.82, 2.24) is 4.98 Å². The first-order chi connectivity index (χ1) is 11.4. The highest BCUT2D eigenvalue weighted by Crippen LogP contribution is 2.29. The van der Waals surface area contributed by atoms with Crippen LogP contribution in [0, 0.1) is 10.1 Å². The zero-order valence-corrected chi connectivity index (χ0v) is 13.6. The first kappa shape index (κ1) is 16.2. The second kappa shape index (κ2) is 6.06. The summed E-state index contributed by atoms with van der Waals surface area (Å²) in [4.78, 5) is 14.3. The second-order valence-corrected chi connectivity index (χ2v) is 6.92. The molecule has 1 heterocycles. The van der Waals surface area contributed by atoms with E-state index in [2.05, 4.69) is 9.71 Å². The fourth-order valence-corrected chi connectivity index (χ4v) is 3.64. The molecule has 0 aliphatic rings. The molecule has 0 bridgehead atoms. The van der Waals surface area contributed by atoms with E-state index >= 15 is 0 Å². The van der Waals surface area contributed by atoms with E-state index in [0.717, 1.165) is 6.07 Å². The minimum Gasteiger partial charge on any atom is -0.279 e. The lowest BCUT2D eigenvalue weighted by Gasteiger charge is -2.10. The van der Waals surface area contributed by atoms with Crippen LogP contribution in [0.4, 0.5) is 11.4 Å². The van der Waals surface area contributed by atoms with Gasteiger partial charge in [0.2, 0.25) is 0 Å². The standard InChI is InChI=1S/C15H10ClN3O4S/c16-12-7-6-11(9-13(12)19(20)21)18-24(22,23)14-5-1-3-10-4-2-8-17-15(10)14/h1-9,18H. The van der Waals surface area contributed by atoms with Crippen molar-refractivity contribution in [3.63, 3.8) is 0 Å². The van der Waals surface area contributed by atoms with Crippen LogP contribution < -0.4 is 4.72 Å². The molecular weight excluding hydrogens is 354 g/mol. The molecule has 0 saturated heterocycles. The van der Waals surface area contributed by atoms with Crippen molar-refractivity contribution >= 4 is 43.9 Å². The van der Waals surface area contributed by atoms with E-state index in [-0.39, 0.29) is 21.3 Å². The van der Waals surface area contributed by atoms with Crippen molar-refractivity contribution in [1.29, 1.82) is 0 Å². The number of anilines is 1. The van der Waals surface area contributed by atoms with Gasteiger partial charge in [-0.25, -0.2) is 8.42 Å². The predicted octanol–water partition coefficient (Wildman–Crippen LogP) is 3.60. The summed E-state index contributed by atoms with van der Waals surface area (Å²) in [5.74, 6) is 0. The lowest BCUT2D eigenvalue weighted by atomic mass is 10.2. The van der Waals surface area contributed by atoms with Crippen LogP contribution in [0.2, 0.25) is 5.02 Å². The maximum atomic E-state index is 12.6. The molecule has 24 heavy (non-hydrogen) atoms. The number of benzene rings is 2. The van der Waals surface area contributed by atoms with E-state index in [4.69, 9.17) is 11.6 Å². The largest absolute Gasteiger partial charge is 0.289 e. The first-order valence-electron chi connectivity index (χ1n) is 6.69. The number of nitro groups is 1. The molecule has 122 valence electrons. The Morgan fingerprint density at radius 3 is 2.62 bits per heavy atom. The van der Waals surface area contributed by atoms with Gasteiger partial charge in [0.15, 0.2) is 0 Å². The predicted molar refractivity (Wildman–Crippen MR) is 90.7 cm³/mol. The molecule has 0 aliphatic carbocycles. The van der Waals surface area contributed by atoms with Gasteiger partial charge in [-0.05, 0) is 24.3 Å². The molecule has 2 aromatic carbocycles. The third-order valence-corrected chi connectivity index (χ3v) is 5.01. The number of halogens is 1. The topological polar surface area (TPSA) is 102 Å². The molecular formula is C15H10ClN3O4S. The second-order valence-electron chi connectivity index (χ2n) is 4.86. The van der Waals surface area contributed by atoms with Gasteiger partial charge in [-0.1, -0.05) is 29.8 Å². The zero-order chi connectivity index (χ0) is 17.3. The SMILES string of the molecule is O=[N+]([O-])c1cc(NS(=O)(=O)c2cccc3cccnc23)ccc1Cl. The molecule has 3 rings (SSSR count). The lowest BCUT2D eigenvalue weighted by molar-refractivity contribution is -0.384. The summed E-state index contributed by atoms with van der Waals surface area (Å²) in [6.45, 7) is 0. The Hall–Kier alpha value is -2.71. The Morgan fingerprint density at radius 1 is 1.12 bits per heavy atom. The van der Waals surface area contributed by atoms with Crippen LogP contribution in [-0.2, 0) is 10.0 Å². The lowest BCUT2D eigenvalue weighted by Crippen LogP contribution is -2.14. The number of nitrogens with one attached hydrogen (secondary N) is 1. The minimum atomic E-state index is -3.97. The van der Waals surface area contributed by atoms with Crippen molar-refractivity contribution in [2.24, 2.45) is 0 Å². The molecule has 9 heteroatoms. The number of nitrogens with zero attached hydrogens (tertiary/aromatic N) is 2. The van der Waals surface area contributed by atoms with Crippen molar-refractivity contribution in [3.8, 4) is 0 Å². The van der Waals surface area contributed by atoms with Gasteiger partial charge < -0.3 is 0 Å². The summed E-state index contributed by atoms with van der Waals surface area (Å²) in [5.41, 5.74) is -0.0251. The van der Waals surface area contributed by atoms with E-state index in [1.165, 1.54) is 24.4 Å². The number of hydrogen-bond acceptors (Lipinski definition) is 5. The van der Waals surface area contributed by atoms with Crippen LogP contribution in [-0.4, -0.2) is 18.3 Å². The fourth-order valence-electron chi connectivity index (χ4n) is 2.22. The monoisotopic (exact) mass is 363 g/mol. The van der Waals surface area contributed by atoms with Gasteiger partial charge in [-0.3, -0.25) is 19.8 Å². The van der Waals surface area contributed by atoms with Crippen LogP contribution in [0.25, 0.3) is 10.9 Å². The minimum absolute atomic E-state index is 0.0156. The van der Waals surface area contributed by atoms with Crippen LogP contribution in [0.3, 0.4) is 0 Å². The van der Waals surface area contributed by atoms with E-state index in [0.29, 0.717) is 10.9 Å². The van der Waals surface area contributed by atoms with E-state index in [1.54, 1.807) is 24.3 Å². The van der Waals surface area contributed by atoms with Gasteiger partial charge in [-0.2, -0.15) is 0 Å². The maximum absolute atomic E-state index is 12.6. The number of rotatable bonds is 4. The third kappa shape index (κ3) is 3.01. The van der Waals surface area contributed by atoms with E-state index in [1.807, 2.05) is 0 Å². The van der Waals surface area contributed by atoms with Crippen molar-refractivity contribution in [2.45, 2.75) is 4.90 Å². The smallest absolute Gasteiger partial charge is 0.279 e. The molecule has 7 nitrogen and oxygen atoms in total. The van der Waals surface area contributed by atoms with Gasteiger partial charge in [0.05, 0.1) is 16.1 Å². The highest BCUT2D eigenvalue weighted by Gasteiger charge is 2.20. The molecule has 0 spiro atoms. The number of hydrogen-bond donors (Lipinski definition) is 1. The molecule has 0 fully saturated rings. The molecule has 0 atom stereocenters. The van der Waals surface area contributed by atoms with Gasteiger partial charge in [0.1, 0.15) is 9.92 Å².